The van der Waals surface area contributed by atoms with Crippen LogP contribution >= 0.6 is 0 Å². The van der Waals surface area contributed by atoms with E-state index in [1.54, 1.807) is 12.1 Å². The van der Waals surface area contributed by atoms with E-state index >= 15 is 0 Å². The summed E-state index contributed by atoms with van der Waals surface area (Å²) < 4.78 is 2.33. The zero-order valence-corrected chi connectivity index (χ0v) is 15.8. The second-order valence-corrected chi connectivity index (χ2v) is 7.33. The standard InChI is InChI=1S/C22H22N6/c1-2-21-25-18-8-7-17(15-11-19(23)27-20(24)12-15)26-22(18)28(21)16-9-13-5-3-4-6-14(13)10-16/h3-8,11-12,16H,2,9-10H2,1H3,(H4,23,24,27). The second kappa shape index (κ2) is 6.34. The largest absolute Gasteiger partial charge is 0.384 e. The lowest BCUT2D eigenvalue weighted by Gasteiger charge is -2.15. The molecule has 4 aromatic rings. The van der Waals surface area contributed by atoms with Crippen LogP contribution in [0.2, 0.25) is 0 Å². The summed E-state index contributed by atoms with van der Waals surface area (Å²) in [5, 5.41) is 0. The van der Waals surface area contributed by atoms with Crippen molar-refractivity contribution < 1.29 is 0 Å². The van der Waals surface area contributed by atoms with Gasteiger partial charge in [-0.1, -0.05) is 31.2 Å². The maximum Gasteiger partial charge on any atom is 0.160 e. The molecule has 1 aromatic carbocycles. The van der Waals surface area contributed by atoms with Gasteiger partial charge in [0.15, 0.2) is 5.65 Å². The molecule has 0 bridgehead atoms. The van der Waals surface area contributed by atoms with Crippen LogP contribution in [-0.2, 0) is 19.3 Å². The lowest BCUT2D eigenvalue weighted by Crippen LogP contribution is -2.13. The molecular weight excluding hydrogens is 348 g/mol. The Labute approximate surface area is 163 Å². The first-order valence-electron chi connectivity index (χ1n) is 9.60. The molecule has 28 heavy (non-hydrogen) atoms. The number of fused-ring (bicyclic) bond motifs is 2. The van der Waals surface area contributed by atoms with Gasteiger partial charge in [-0.3, -0.25) is 0 Å². The first-order chi connectivity index (χ1) is 13.6. The fourth-order valence-corrected chi connectivity index (χ4v) is 4.25. The Hall–Kier alpha value is -3.41. The summed E-state index contributed by atoms with van der Waals surface area (Å²) in [5.74, 6) is 1.86. The first-order valence-corrected chi connectivity index (χ1v) is 9.60. The van der Waals surface area contributed by atoms with E-state index in [0.29, 0.717) is 17.7 Å². The molecule has 0 aliphatic heterocycles. The number of pyridine rings is 2. The van der Waals surface area contributed by atoms with Gasteiger partial charge in [-0.15, -0.1) is 0 Å². The summed E-state index contributed by atoms with van der Waals surface area (Å²) in [4.78, 5) is 13.9. The van der Waals surface area contributed by atoms with Crippen LogP contribution in [0.4, 0.5) is 11.6 Å². The normalized spacial score (nSPS) is 13.9. The number of aryl methyl sites for hydroxylation is 1. The Balaban J connectivity index is 1.64. The number of hydrogen-bond donors (Lipinski definition) is 2. The average molecular weight is 370 g/mol. The molecule has 3 heterocycles. The van der Waals surface area contributed by atoms with Crippen LogP contribution in [0.25, 0.3) is 22.4 Å². The molecule has 0 amide bonds. The Kier molecular flexibility index (Phi) is 3.79. The molecule has 6 heteroatoms. The predicted octanol–water partition coefficient (Wildman–Crippen LogP) is 3.56. The molecule has 0 saturated heterocycles. The highest BCUT2D eigenvalue weighted by Gasteiger charge is 2.26. The van der Waals surface area contributed by atoms with Crippen molar-refractivity contribution in [1.29, 1.82) is 0 Å². The van der Waals surface area contributed by atoms with Crippen LogP contribution in [0, 0.1) is 0 Å². The number of anilines is 2. The lowest BCUT2D eigenvalue weighted by atomic mass is 10.1. The van der Waals surface area contributed by atoms with Crippen molar-refractivity contribution in [2.75, 3.05) is 11.5 Å². The van der Waals surface area contributed by atoms with E-state index in [1.165, 1.54) is 11.1 Å². The third kappa shape index (κ3) is 2.69. The third-order valence-corrected chi connectivity index (χ3v) is 5.48. The molecule has 0 unspecified atom stereocenters. The lowest BCUT2D eigenvalue weighted by molar-refractivity contribution is 0.519. The monoisotopic (exact) mass is 370 g/mol. The highest BCUT2D eigenvalue weighted by atomic mass is 15.2. The predicted molar refractivity (Wildman–Crippen MR) is 112 cm³/mol. The average Bonchev–Trinajstić information content (AvgIpc) is 3.27. The molecule has 0 radical (unpaired) electrons. The Bertz CT molecular complexity index is 1150. The minimum absolute atomic E-state index is 0.340. The number of nitrogens with zero attached hydrogens (tertiary/aromatic N) is 4. The molecule has 0 spiro atoms. The number of nitrogen functional groups attached to an aromatic ring is 2. The second-order valence-electron chi connectivity index (χ2n) is 7.33. The van der Waals surface area contributed by atoms with Crippen molar-refractivity contribution in [1.82, 2.24) is 19.5 Å². The van der Waals surface area contributed by atoms with Crippen molar-refractivity contribution >= 4 is 22.8 Å². The van der Waals surface area contributed by atoms with E-state index in [2.05, 4.69) is 40.7 Å². The fourth-order valence-electron chi connectivity index (χ4n) is 4.25. The van der Waals surface area contributed by atoms with Crippen LogP contribution in [0.15, 0.2) is 48.5 Å². The van der Waals surface area contributed by atoms with E-state index in [1.807, 2.05) is 12.1 Å². The van der Waals surface area contributed by atoms with E-state index in [9.17, 15) is 0 Å². The molecule has 1 aliphatic rings. The molecule has 0 atom stereocenters. The molecule has 4 N–H and O–H groups in total. The number of rotatable bonds is 3. The van der Waals surface area contributed by atoms with Gasteiger partial charge in [0.2, 0.25) is 0 Å². The van der Waals surface area contributed by atoms with Crippen LogP contribution in [-0.4, -0.2) is 19.5 Å². The summed E-state index contributed by atoms with van der Waals surface area (Å²) >= 11 is 0. The topological polar surface area (TPSA) is 95.6 Å². The molecule has 140 valence electrons. The van der Waals surface area contributed by atoms with Crippen LogP contribution < -0.4 is 11.5 Å². The van der Waals surface area contributed by atoms with Crippen LogP contribution in [0.1, 0.15) is 29.9 Å². The van der Waals surface area contributed by atoms with Gasteiger partial charge in [0.25, 0.3) is 0 Å². The molecular formula is C22H22N6. The first kappa shape index (κ1) is 16.7. The minimum atomic E-state index is 0.340. The zero-order chi connectivity index (χ0) is 19.3. The van der Waals surface area contributed by atoms with Gasteiger partial charge in [0.1, 0.15) is 23.0 Å². The van der Waals surface area contributed by atoms with Crippen molar-refractivity contribution in [3.8, 4) is 11.3 Å². The van der Waals surface area contributed by atoms with Gasteiger partial charge in [-0.2, -0.15) is 0 Å². The summed E-state index contributed by atoms with van der Waals surface area (Å²) in [6.07, 6.45) is 2.89. The number of benzene rings is 1. The number of imidazole rings is 1. The molecule has 5 rings (SSSR count). The Morgan fingerprint density at radius 2 is 1.61 bits per heavy atom. The van der Waals surface area contributed by atoms with Gasteiger partial charge in [0, 0.05) is 18.0 Å². The van der Waals surface area contributed by atoms with E-state index in [-0.39, 0.29) is 0 Å². The number of hydrogen-bond acceptors (Lipinski definition) is 5. The Morgan fingerprint density at radius 1 is 0.929 bits per heavy atom. The van der Waals surface area contributed by atoms with Gasteiger partial charge in [0.05, 0.1) is 5.69 Å². The van der Waals surface area contributed by atoms with E-state index in [4.69, 9.17) is 21.4 Å². The molecule has 3 aromatic heterocycles. The van der Waals surface area contributed by atoms with Crippen molar-refractivity contribution in [3.05, 3.63) is 65.5 Å². The number of aromatic nitrogens is 4. The SMILES string of the molecule is CCc1nc2ccc(-c3cc(N)nc(N)c3)nc2n1C1Cc2ccccc2C1. The maximum atomic E-state index is 5.88. The molecule has 0 fully saturated rings. The van der Waals surface area contributed by atoms with Gasteiger partial charge < -0.3 is 16.0 Å². The van der Waals surface area contributed by atoms with Gasteiger partial charge in [-0.25, -0.2) is 15.0 Å². The summed E-state index contributed by atoms with van der Waals surface area (Å²) in [6.45, 7) is 2.14. The van der Waals surface area contributed by atoms with E-state index in [0.717, 1.165) is 47.5 Å². The zero-order valence-electron chi connectivity index (χ0n) is 15.8. The summed E-state index contributed by atoms with van der Waals surface area (Å²) in [5.41, 5.74) is 18.1. The van der Waals surface area contributed by atoms with Crippen LogP contribution in [0.3, 0.4) is 0 Å². The summed E-state index contributed by atoms with van der Waals surface area (Å²) in [7, 11) is 0. The molecule has 0 saturated carbocycles. The quantitative estimate of drug-likeness (QED) is 0.575. The molecule has 6 nitrogen and oxygen atoms in total. The van der Waals surface area contributed by atoms with Crippen molar-refractivity contribution in [2.45, 2.75) is 32.2 Å². The van der Waals surface area contributed by atoms with Gasteiger partial charge in [-0.05, 0) is 48.2 Å². The highest BCUT2D eigenvalue weighted by molar-refractivity contribution is 5.77. The maximum absolute atomic E-state index is 5.88. The number of nitrogens with two attached hydrogens (primary N) is 2. The smallest absolute Gasteiger partial charge is 0.160 e. The summed E-state index contributed by atoms with van der Waals surface area (Å²) in [6, 6.07) is 16.6. The minimum Gasteiger partial charge on any atom is -0.384 e. The molecule has 1 aliphatic carbocycles. The third-order valence-electron chi connectivity index (χ3n) is 5.48. The van der Waals surface area contributed by atoms with E-state index < -0.39 is 0 Å². The van der Waals surface area contributed by atoms with Gasteiger partial charge >= 0.3 is 0 Å². The van der Waals surface area contributed by atoms with Crippen LogP contribution in [0.5, 0.6) is 0 Å². The van der Waals surface area contributed by atoms with Crippen molar-refractivity contribution in [2.24, 2.45) is 0 Å². The van der Waals surface area contributed by atoms with Crippen molar-refractivity contribution in [3.63, 3.8) is 0 Å². The Morgan fingerprint density at radius 3 is 2.25 bits per heavy atom. The fraction of sp³-hybridized carbons (Fsp3) is 0.227. The highest BCUT2D eigenvalue weighted by Crippen LogP contribution is 2.34.